The predicted octanol–water partition coefficient (Wildman–Crippen LogP) is 2.38. The van der Waals surface area contributed by atoms with Gasteiger partial charge in [0, 0.05) is 11.8 Å². The summed E-state index contributed by atoms with van der Waals surface area (Å²) >= 11 is 0. The van der Waals surface area contributed by atoms with E-state index in [1.54, 1.807) is 18.2 Å². The van der Waals surface area contributed by atoms with Crippen LogP contribution in [0.4, 0.5) is 5.69 Å². The lowest BCUT2D eigenvalue weighted by Gasteiger charge is -2.13. The highest BCUT2D eigenvalue weighted by Crippen LogP contribution is 2.31. The standard InChI is InChI=1S/C16H21NO5/c1-3-20-13-8-7-12(9-14(13)21-4-2)17-15(18)10-22-16(19)11-5-6-11/h7-9,11H,3-6,10H2,1-2H3,(H,17,18). The number of nitrogens with one attached hydrogen (secondary N) is 1. The van der Waals surface area contributed by atoms with Crippen molar-refractivity contribution in [3.63, 3.8) is 0 Å². The van der Waals surface area contributed by atoms with Crippen LogP contribution in [0.3, 0.4) is 0 Å². The van der Waals surface area contributed by atoms with E-state index in [2.05, 4.69) is 5.32 Å². The number of hydrogen-bond donors (Lipinski definition) is 1. The van der Waals surface area contributed by atoms with Gasteiger partial charge >= 0.3 is 5.97 Å². The molecule has 0 spiro atoms. The van der Waals surface area contributed by atoms with E-state index < -0.39 is 0 Å². The maximum absolute atomic E-state index is 11.8. The molecule has 0 heterocycles. The molecule has 6 heteroatoms. The third-order valence-corrected chi connectivity index (χ3v) is 3.08. The van der Waals surface area contributed by atoms with Crippen LogP contribution in [-0.2, 0) is 14.3 Å². The van der Waals surface area contributed by atoms with Crippen molar-refractivity contribution in [1.29, 1.82) is 0 Å². The number of esters is 1. The number of anilines is 1. The summed E-state index contributed by atoms with van der Waals surface area (Å²) in [5.41, 5.74) is 0.569. The van der Waals surface area contributed by atoms with Crippen molar-refractivity contribution in [3.8, 4) is 11.5 Å². The minimum Gasteiger partial charge on any atom is -0.490 e. The van der Waals surface area contributed by atoms with E-state index in [0.717, 1.165) is 12.8 Å². The highest BCUT2D eigenvalue weighted by atomic mass is 16.5. The fourth-order valence-electron chi connectivity index (χ4n) is 1.90. The first kappa shape index (κ1) is 16.1. The van der Waals surface area contributed by atoms with Crippen molar-refractivity contribution in [2.24, 2.45) is 5.92 Å². The second kappa shape index (κ2) is 7.68. The molecule has 1 saturated carbocycles. The summed E-state index contributed by atoms with van der Waals surface area (Å²) < 4.78 is 15.9. The van der Waals surface area contributed by atoms with Gasteiger partial charge < -0.3 is 19.5 Å². The van der Waals surface area contributed by atoms with Gasteiger partial charge in [-0.1, -0.05) is 0 Å². The van der Waals surface area contributed by atoms with Crippen LogP contribution in [0.2, 0.25) is 0 Å². The molecular weight excluding hydrogens is 286 g/mol. The molecule has 0 saturated heterocycles. The summed E-state index contributed by atoms with van der Waals surface area (Å²) in [6.45, 7) is 4.52. The van der Waals surface area contributed by atoms with E-state index in [-0.39, 0.29) is 24.4 Å². The fraction of sp³-hybridized carbons (Fsp3) is 0.500. The summed E-state index contributed by atoms with van der Waals surface area (Å²) in [5.74, 6) is 0.514. The van der Waals surface area contributed by atoms with Gasteiger partial charge in [-0.15, -0.1) is 0 Å². The summed E-state index contributed by atoms with van der Waals surface area (Å²) in [6.07, 6.45) is 1.72. The average Bonchev–Trinajstić information content (AvgIpc) is 3.33. The molecule has 1 fully saturated rings. The molecule has 1 amide bonds. The molecule has 1 aliphatic carbocycles. The van der Waals surface area contributed by atoms with Gasteiger partial charge in [-0.05, 0) is 38.8 Å². The lowest BCUT2D eigenvalue weighted by Crippen LogP contribution is -2.21. The van der Waals surface area contributed by atoms with Gasteiger partial charge in [0.2, 0.25) is 0 Å². The first-order chi connectivity index (χ1) is 10.6. The van der Waals surface area contributed by atoms with Crippen LogP contribution in [0.1, 0.15) is 26.7 Å². The van der Waals surface area contributed by atoms with Crippen LogP contribution >= 0.6 is 0 Å². The largest absolute Gasteiger partial charge is 0.490 e. The molecule has 1 aliphatic rings. The van der Waals surface area contributed by atoms with E-state index >= 15 is 0 Å². The predicted molar refractivity (Wildman–Crippen MR) is 81.1 cm³/mol. The summed E-state index contributed by atoms with van der Waals surface area (Å²) in [5, 5.41) is 2.67. The monoisotopic (exact) mass is 307 g/mol. The molecule has 2 rings (SSSR count). The van der Waals surface area contributed by atoms with Crippen molar-refractivity contribution in [3.05, 3.63) is 18.2 Å². The molecule has 1 N–H and O–H groups in total. The third-order valence-electron chi connectivity index (χ3n) is 3.08. The van der Waals surface area contributed by atoms with Gasteiger partial charge in [-0.25, -0.2) is 0 Å². The van der Waals surface area contributed by atoms with Crippen LogP contribution in [-0.4, -0.2) is 31.7 Å². The molecule has 120 valence electrons. The SMILES string of the molecule is CCOc1ccc(NC(=O)COC(=O)C2CC2)cc1OCC. The Bertz CT molecular complexity index is 539. The fourth-order valence-corrected chi connectivity index (χ4v) is 1.90. The number of amides is 1. The van der Waals surface area contributed by atoms with Crippen molar-refractivity contribution in [1.82, 2.24) is 0 Å². The Morgan fingerprint density at radius 3 is 2.45 bits per heavy atom. The van der Waals surface area contributed by atoms with E-state index in [0.29, 0.717) is 30.4 Å². The normalized spacial score (nSPS) is 13.4. The Morgan fingerprint density at radius 2 is 1.82 bits per heavy atom. The Kier molecular flexibility index (Phi) is 5.63. The molecular formula is C16H21NO5. The van der Waals surface area contributed by atoms with Gasteiger partial charge in [0.15, 0.2) is 18.1 Å². The highest BCUT2D eigenvalue weighted by molar-refractivity contribution is 5.93. The molecule has 1 aromatic rings. The Balaban J connectivity index is 1.91. The van der Waals surface area contributed by atoms with Crippen LogP contribution < -0.4 is 14.8 Å². The summed E-state index contributed by atoms with van der Waals surface area (Å²) in [4.78, 5) is 23.2. The molecule has 6 nitrogen and oxygen atoms in total. The minimum atomic E-state index is -0.374. The second-order valence-corrected chi connectivity index (χ2v) is 4.96. The van der Waals surface area contributed by atoms with Crippen molar-refractivity contribution in [2.45, 2.75) is 26.7 Å². The first-order valence-electron chi connectivity index (χ1n) is 7.50. The summed E-state index contributed by atoms with van der Waals surface area (Å²) in [7, 11) is 0. The number of rotatable bonds is 8. The average molecular weight is 307 g/mol. The number of hydrogen-bond acceptors (Lipinski definition) is 5. The third kappa shape index (κ3) is 4.65. The lowest BCUT2D eigenvalue weighted by atomic mass is 10.2. The van der Waals surface area contributed by atoms with Crippen molar-refractivity contribution < 1.29 is 23.8 Å². The summed E-state index contributed by atoms with van der Waals surface area (Å²) in [6, 6.07) is 5.14. The first-order valence-corrected chi connectivity index (χ1v) is 7.50. The minimum absolute atomic E-state index is 0.0113. The topological polar surface area (TPSA) is 73.9 Å². The van der Waals surface area contributed by atoms with Crippen molar-refractivity contribution >= 4 is 17.6 Å². The molecule has 0 atom stereocenters. The van der Waals surface area contributed by atoms with Gasteiger partial charge in [0.25, 0.3) is 5.91 Å². The zero-order valence-corrected chi connectivity index (χ0v) is 12.9. The van der Waals surface area contributed by atoms with E-state index in [9.17, 15) is 9.59 Å². The van der Waals surface area contributed by atoms with Crippen LogP contribution in [0.5, 0.6) is 11.5 Å². The lowest BCUT2D eigenvalue weighted by molar-refractivity contribution is -0.148. The highest BCUT2D eigenvalue weighted by Gasteiger charge is 2.31. The molecule has 0 radical (unpaired) electrons. The van der Waals surface area contributed by atoms with Gasteiger partial charge in [0.05, 0.1) is 19.1 Å². The molecule has 0 aliphatic heterocycles. The van der Waals surface area contributed by atoms with Gasteiger partial charge in [-0.2, -0.15) is 0 Å². The number of carbonyl (C=O) groups is 2. The maximum Gasteiger partial charge on any atom is 0.309 e. The zero-order valence-electron chi connectivity index (χ0n) is 12.9. The quantitative estimate of drug-likeness (QED) is 0.746. The number of benzene rings is 1. The second-order valence-electron chi connectivity index (χ2n) is 4.96. The zero-order chi connectivity index (χ0) is 15.9. The smallest absolute Gasteiger partial charge is 0.309 e. The molecule has 0 unspecified atom stereocenters. The molecule has 0 bridgehead atoms. The van der Waals surface area contributed by atoms with Crippen LogP contribution in [0.25, 0.3) is 0 Å². The van der Waals surface area contributed by atoms with Crippen molar-refractivity contribution in [2.75, 3.05) is 25.1 Å². The van der Waals surface area contributed by atoms with Crippen LogP contribution in [0.15, 0.2) is 18.2 Å². The Hall–Kier alpha value is -2.24. The van der Waals surface area contributed by atoms with Gasteiger partial charge in [-0.3, -0.25) is 9.59 Å². The number of carbonyl (C=O) groups excluding carboxylic acids is 2. The van der Waals surface area contributed by atoms with Crippen LogP contribution in [0, 0.1) is 5.92 Å². The number of ether oxygens (including phenoxy) is 3. The van der Waals surface area contributed by atoms with E-state index in [1.807, 2.05) is 13.8 Å². The maximum atomic E-state index is 11.8. The Morgan fingerprint density at radius 1 is 1.14 bits per heavy atom. The van der Waals surface area contributed by atoms with E-state index in [1.165, 1.54) is 0 Å². The molecule has 22 heavy (non-hydrogen) atoms. The van der Waals surface area contributed by atoms with E-state index in [4.69, 9.17) is 14.2 Å². The molecule has 1 aromatic carbocycles. The van der Waals surface area contributed by atoms with Gasteiger partial charge in [0.1, 0.15) is 0 Å². The Labute approximate surface area is 129 Å². The molecule has 0 aromatic heterocycles.